The molecule has 0 unspecified atom stereocenters. The zero-order valence-corrected chi connectivity index (χ0v) is 32.4. The Labute approximate surface area is 329 Å². The Morgan fingerprint density at radius 1 is 0.304 bits per heavy atom. The maximum atomic E-state index is 2.45. The lowest BCUT2D eigenvalue weighted by Crippen LogP contribution is -2.11. The Kier molecular flexibility index (Phi) is 8.22. The van der Waals surface area contributed by atoms with Crippen LogP contribution < -0.4 is 9.80 Å². The molecule has 0 N–H and O–H groups in total. The summed E-state index contributed by atoms with van der Waals surface area (Å²) in [6.07, 6.45) is 0. The van der Waals surface area contributed by atoms with Crippen molar-refractivity contribution in [2.24, 2.45) is 0 Å². The first kappa shape index (κ1) is 33.9. The van der Waals surface area contributed by atoms with Crippen molar-refractivity contribution in [3.8, 4) is 0 Å². The smallest absolute Gasteiger partial charge is 0.0540 e. The topological polar surface area (TPSA) is 6.48 Å². The van der Waals surface area contributed by atoms with Crippen LogP contribution >= 0.6 is 0 Å². The van der Waals surface area contributed by atoms with Gasteiger partial charge in [0, 0.05) is 33.5 Å². The number of fused-ring (bicyclic) bond motifs is 2. The summed E-state index contributed by atoms with van der Waals surface area (Å²) in [5.41, 5.74) is 9.59. The molecule has 0 heterocycles. The van der Waals surface area contributed by atoms with Crippen molar-refractivity contribution in [3.05, 3.63) is 193 Å². The third kappa shape index (κ3) is 5.72. The van der Waals surface area contributed by atoms with Crippen molar-refractivity contribution in [3.63, 3.8) is 0 Å². The summed E-state index contributed by atoms with van der Waals surface area (Å²) in [6, 6.07) is 67.8. The highest BCUT2D eigenvalue weighted by Crippen LogP contribution is 2.48. The number of rotatable bonds is 8. The number of anilines is 6. The van der Waals surface area contributed by atoms with E-state index in [0.717, 1.165) is 22.7 Å². The maximum absolute atomic E-state index is 2.45. The largest absolute Gasteiger partial charge is 0.310 e. The van der Waals surface area contributed by atoms with E-state index in [2.05, 4.69) is 219 Å². The van der Waals surface area contributed by atoms with Crippen LogP contribution in [0.15, 0.2) is 182 Å². The molecule has 0 spiro atoms. The molecular weight excluding hydrogens is 677 g/mol. The summed E-state index contributed by atoms with van der Waals surface area (Å²) in [7, 11) is 0. The molecule has 0 radical (unpaired) electrons. The Hall–Kier alpha value is -6.64. The molecule has 2 heteroatoms. The van der Waals surface area contributed by atoms with Gasteiger partial charge in [0.15, 0.2) is 0 Å². The minimum Gasteiger partial charge on any atom is -0.310 e. The first-order valence-corrected chi connectivity index (χ1v) is 19.9. The van der Waals surface area contributed by atoms with Gasteiger partial charge < -0.3 is 9.80 Å². The molecular formula is C54H44N2. The third-order valence-corrected chi connectivity index (χ3v) is 11.7. The Morgan fingerprint density at radius 3 is 1.04 bits per heavy atom. The Bertz CT molecular complexity index is 2820. The van der Waals surface area contributed by atoms with Crippen LogP contribution in [-0.4, -0.2) is 0 Å². The van der Waals surface area contributed by atoms with E-state index in [-0.39, 0.29) is 0 Å². The molecule has 0 amide bonds. The van der Waals surface area contributed by atoms with Crippen molar-refractivity contribution < 1.29 is 0 Å². The fourth-order valence-electron chi connectivity index (χ4n) is 8.66. The van der Waals surface area contributed by atoms with Crippen LogP contribution in [0, 0.1) is 0 Å². The van der Waals surface area contributed by atoms with Gasteiger partial charge >= 0.3 is 0 Å². The molecule has 56 heavy (non-hydrogen) atoms. The van der Waals surface area contributed by atoms with Gasteiger partial charge in [-0.25, -0.2) is 0 Å². The molecule has 0 fully saturated rings. The Balaban J connectivity index is 1.21. The average Bonchev–Trinajstić information content (AvgIpc) is 3.24. The molecule has 0 aliphatic rings. The zero-order valence-electron chi connectivity index (χ0n) is 32.4. The van der Waals surface area contributed by atoms with Gasteiger partial charge in [-0.15, -0.1) is 0 Å². The van der Waals surface area contributed by atoms with Crippen LogP contribution in [0.5, 0.6) is 0 Å². The van der Waals surface area contributed by atoms with Gasteiger partial charge in [-0.2, -0.15) is 0 Å². The average molecular weight is 721 g/mol. The van der Waals surface area contributed by atoms with Crippen LogP contribution in [-0.2, 0) is 0 Å². The van der Waals surface area contributed by atoms with Gasteiger partial charge in [-0.05, 0) is 127 Å². The Morgan fingerprint density at radius 2 is 0.643 bits per heavy atom. The SMILES string of the molecule is CC(C)c1ccc(N(c2ccc3ccccc3c2)c2ccc3ccc4c(N(c5ccc(C(C)C)cc5)c5ccc6ccccc6c5)ccc5ccc2c3c54)cc1. The van der Waals surface area contributed by atoms with E-state index in [0.29, 0.717) is 11.8 Å². The fraction of sp³-hybridized carbons (Fsp3) is 0.111. The predicted molar refractivity (Wildman–Crippen MR) is 243 cm³/mol. The van der Waals surface area contributed by atoms with E-state index in [1.807, 2.05) is 0 Å². The molecule has 0 bridgehead atoms. The van der Waals surface area contributed by atoms with Gasteiger partial charge in [-0.1, -0.05) is 149 Å². The highest BCUT2D eigenvalue weighted by atomic mass is 15.1. The van der Waals surface area contributed by atoms with E-state index < -0.39 is 0 Å². The fourth-order valence-corrected chi connectivity index (χ4v) is 8.66. The van der Waals surface area contributed by atoms with E-state index in [1.165, 1.54) is 76.4 Å². The summed E-state index contributed by atoms with van der Waals surface area (Å²) in [5.74, 6) is 0.924. The zero-order chi connectivity index (χ0) is 37.9. The van der Waals surface area contributed by atoms with Crippen molar-refractivity contribution in [2.45, 2.75) is 39.5 Å². The van der Waals surface area contributed by atoms with Gasteiger partial charge in [0.2, 0.25) is 0 Å². The second-order valence-electron chi connectivity index (χ2n) is 15.8. The molecule has 0 saturated carbocycles. The molecule has 10 aromatic carbocycles. The van der Waals surface area contributed by atoms with Gasteiger partial charge in [0.05, 0.1) is 11.4 Å². The van der Waals surface area contributed by atoms with Crippen molar-refractivity contribution in [1.29, 1.82) is 0 Å². The molecule has 0 atom stereocenters. The molecule has 0 aliphatic heterocycles. The molecule has 2 nitrogen and oxygen atoms in total. The van der Waals surface area contributed by atoms with E-state index in [4.69, 9.17) is 0 Å². The van der Waals surface area contributed by atoms with Crippen LogP contribution in [0.3, 0.4) is 0 Å². The lowest BCUT2D eigenvalue weighted by atomic mass is 9.91. The monoisotopic (exact) mass is 720 g/mol. The first-order valence-electron chi connectivity index (χ1n) is 19.9. The summed E-state index contributed by atoms with van der Waals surface area (Å²) < 4.78 is 0. The predicted octanol–water partition coefficient (Wildman–Crippen LogP) is 16.1. The quantitative estimate of drug-likeness (QED) is 0.144. The van der Waals surface area contributed by atoms with E-state index in [1.54, 1.807) is 0 Å². The van der Waals surface area contributed by atoms with Gasteiger partial charge in [0.25, 0.3) is 0 Å². The normalized spacial score (nSPS) is 11.9. The third-order valence-electron chi connectivity index (χ3n) is 11.7. The molecule has 10 rings (SSSR count). The lowest BCUT2D eigenvalue weighted by molar-refractivity contribution is 0.866. The number of nitrogens with zero attached hydrogens (tertiary/aromatic N) is 2. The van der Waals surface area contributed by atoms with Crippen LogP contribution in [0.25, 0.3) is 53.9 Å². The standard InChI is InChI=1S/C54H44N2/c1-35(2)37-13-23-45(24-14-37)55(47-27-17-39-9-5-7-11-43(39)33-47)51-31-21-41-20-30-50-52(32-22-42-19-29-49(51)53(41)54(42)50)56(46-25-15-38(16-26-46)36(3)4)48-28-18-40-10-6-8-12-44(40)34-48/h5-36H,1-4H3. The molecule has 0 saturated heterocycles. The molecule has 10 aromatic rings. The van der Waals surface area contributed by atoms with Crippen LogP contribution in [0.2, 0.25) is 0 Å². The molecule has 0 aliphatic carbocycles. The second kappa shape index (κ2) is 13.6. The van der Waals surface area contributed by atoms with Crippen molar-refractivity contribution >= 4 is 88.0 Å². The summed E-state index contributed by atoms with van der Waals surface area (Å²) in [4.78, 5) is 4.89. The van der Waals surface area contributed by atoms with Crippen molar-refractivity contribution in [2.75, 3.05) is 9.80 Å². The van der Waals surface area contributed by atoms with Gasteiger partial charge in [0.1, 0.15) is 0 Å². The van der Waals surface area contributed by atoms with Gasteiger partial charge in [-0.3, -0.25) is 0 Å². The summed E-state index contributed by atoms with van der Waals surface area (Å²) >= 11 is 0. The minimum absolute atomic E-state index is 0.462. The number of hydrogen-bond acceptors (Lipinski definition) is 2. The minimum atomic E-state index is 0.462. The summed E-state index contributed by atoms with van der Waals surface area (Å²) in [5, 5.41) is 12.5. The van der Waals surface area contributed by atoms with E-state index in [9.17, 15) is 0 Å². The van der Waals surface area contributed by atoms with Crippen molar-refractivity contribution in [1.82, 2.24) is 0 Å². The number of benzene rings is 10. The molecule has 270 valence electrons. The highest BCUT2D eigenvalue weighted by Gasteiger charge is 2.22. The van der Waals surface area contributed by atoms with Crippen LogP contribution in [0.4, 0.5) is 34.1 Å². The number of hydrogen-bond donors (Lipinski definition) is 0. The highest BCUT2D eigenvalue weighted by molar-refractivity contribution is 6.28. The molecule has 0 aromatic heterocycles. The lowest BCUT2D eigenvalue weighted by Gasteiger charge is -2.30. The van der Waals surface area contributed by atoms with Crippen LogP contribution in [0.1, 0.15) is 50.7 Å². The van der Waals surface area contributed by atoms with E-state index >= 15 is 0 Å². The second-order valence-corrected chi connectivity index (χ2v) is 15.8. The maximum Gasteiger partial charge on any atom is 0.0540 e. The summed E-state index contributed by atoms with van der Waals surface area (Å²) in [6.45, 7) is 9.03. The first-order chi connectivity index (χ1) is 27.4.